The van der Waals surface area contributed by atoms with E-state index in [1.807, 2.05) is 36.1 Å². The lowest BCUT2D eigenvalue weighted by atomic mass is 9.71. The van der Waals surface area contributed by atoms with E-state index < -0.39 is 6.10 Å². The predicted molar refractivity (Wildman–Crippen MR) is 104 cm³/mol. The number of anilines is 1. The molecule has 0 saturated carbocycles. The minimum absolute atomic E-state index is 0.0536. The topological polar surface area (TPSA) is 69.6 Å². The predicted octanol–water partition coefficient (Wildman–Crippen LogP) is 2.28. The molecule has 4 rings (SSSR count). The van der Waals surface area contributed by atoms with Gasteiger partial charge in [-0.15, -0.1) is 0 Å². The molecule has 0 unspecified atom stereocenters. The second-order valence-corrected chi connectivity index (χ2v) is 7.85. The zero-order valence-corrected chi connectivity index (χ0v) is 15.7. The van der Waals surface area contributed by atoms with Crippen molar-refractivity contribution in [3.05, 3.63) is 54.0 Å². The second-order valence-electron chi connectivity index (χ2n) is 7.85. The number of hydrogen-bond donors (Lipinski definition) is 1. The van der Waals surface area contributed by atoms with Gasteiger partial charge in [-0.2, -0.15) is 0 Å². The van der Waals surface area contributed by atoms with Gasteiger partial charge in [-0.25, -0.2) is 4.98 Å². The molecule has 27 heavy (non-hydrogen) atoms. The fourth-order valence-electron chi connectivity index (χ4n) is 4.41. The maximum atomic E-state index is 13.0. The Kier molecular flexibility index (Phi) is 4.83. The van der Waals surface area contributed by atoms with Crippen molar-refractivity contribution in [3.8, 4) is 0 Å². The molecule has 1 N–H and O–H groups in total. The number of carbonyl (C=O) groups is 1. The molecule has 1 spiro atoms. The molecule has 3 heterocycles. The SMILES string of the molecule is Cc1ccc(C(=O)N2CCC[C@]3(C2)CN(c2cnccn2)CC[C@H]3O)cc1. The van der Waals surface area contributed by atoms with Crippen LogP contribution in [0, 0.1) is 12.3 Å². The van der Waals surface area contributed by atoms with Crippen LogP contribution in [-0.4, -0.2) is 58.2 Å². The Balaban J connectivity index is 1.54. The van der Waals surface area contributed by atoms with Gasteiger partial charge in [0.05, 0.1) is 12.3 Å². The fourth-order valence-corrected chi connectivity index (χ4v) is 4.41. The molecule has 1 aromatic carbocycles. The van der Waals surface area contributed by atoms with E-state index in [1.165, 1.54) is 0 Å². The summed E-state index contributed by atoms with van der Waals surface area (Å²) in [6.07, 6.45) is 7.24. The average Bonchev–Trinajstić information content (AvgIpc) is 2.71. The van der Waals surface area contributed by atoms with Gasteiger partial charge in [0.2, 0.25) is 0 Å². The Morgan fingerprint density at radius 3 is 2.74 bits per heavy atom. The molecule has 2 atom stereocenters. The number of benzene rings is 1. The third-order valence-corrected chi connectivity index (χ3v) is 5.95. The zero-order valence-electron chi connectivity index (χ0n) is 15.7. The number of aliphatic hydroxyl groups excluding tert-OH is 1. The van der Waals surface area contributed by atoms with E-state index in [9.17, 15) is 9.90 Å². The zero-order chi connectivity index (χ0) is 18.9. The number of nitrogens with zero attached hydrogens (tertiary/aromatic N) is 4. The molecule has 0 aliphatic carbocycles. The third kappa shape index (κ3) is 3.54. The monoisotopic (exact) mass is 366 g/mol. The Morgan fingerprint density at radius 1 is 1.19 bits per heavy atom. The van der Waals surface area contributed by atoms with Crippen molar-refractivity contribution >= 4 is 11.7 Å². The van der Waals surface area contributed by atoms with Crippen molar-refractivity contribution in [2.75, 3.05) is 31.1 Å². The summed E-state index contributed by atoms with van der Waals surface area (Å²) in [6, 6.07) is 7.72. The van der Waals surface area contributed by atoms with E-state index in [0.717, 1.165) is 37.3 Å². The quantitative estimate of drug-likeness (QED) is 0.883. The lowest BCUT2D eigenvalue weighted by Crippen LogP contribution is -2.60. The van der Waals surface area contributed by atoms with E-state index in [-0.39, 0.29) is 11.3 Å². The number of aliphatic hydroxyl groups is 1. The first-order chi connectivity index (χ1) is 13.1. The van der Waals surface area contributed by atoms with Gasteiger partial charge in [-0.3, -0.25) is 9.78 Å². The van der Waals surface area contributed by atoms with E-state index >= 15 is 0 Å². The molecule has 1 amide bonds. The average molecular weight is 366 g/mol. The van der Waals surface area contributed by atoms with Gasteiger partial charge in [0.15, 0.2) is 0 Å². The molecule has 2 aliphatic heterocycles. The molecule has 2 aliphatic rings. The maximum Gasteiger partial charge on any atom is 0.253 e. The molecule has 2 fully saturated rings. The van der Waals surface area contributed by atoms with Crippen molar-refractivity contribution < 1.29 is 9.90 Å². The molecule has 1 aromatic heterocycles. The van der Waals surface area contributed by atoms with Crippen LogP contribution in [0.2, 0.25) is 0 Å². The van der Waals surface area contributed by atoms with Crippen LogP contribution in [0.15, 0.2) is 42.9 Å². The van der Waals surface area contributed by atoms with Gasteiger partial charge in [0.25, 0.3) is 5.91 Å². The van der Waals surface area contributed by atoms with Gasteiger partial charge in [-0.05, 0) is 38.3 Å². The van der Waals surface area contributed by atoms with Crippen molar-refractivity contribution in [2.45, 2.75) is 32.3 Å². The molecule has 2 saturated heterocycles. The number of piperidine rings is 2. The standard InChI is InChI=1S/C21H26N4O2/c1-16-3-5-17(6-4-16)20(27)25-11-2-8-21(15-25)14-24(12-7-18(21)26)19-13-22-9-10-23-19/h3-6,9-10,13,18,26H,2,7-8,11-12,14-15H2,1H3/t18-,21-/m1/s1. The number of hydrogen-bond acceptors (Lipinski definition) is 5. The second kappa shape index (κ2) is 7.27. The molecule has 0 bridgehead atoms. The number of aromatic nitrogens is 2. The fraction of sp³-hybridized carbons (Fsp3) is 0.476. The van der Waals surface area contributed by atoms with Gasteiger partial charge in [0, 0.05) is 49.6 Å². The van der Waals surface area contributed by atoms with E-state index in [1.54, 1.807) is 18.6 Å². The summed E-state index contributed by atoms with van der Waals surface area (Å²) < 4.78 is 0. The van der Waals surface area contributed by atoms with Crippen LogP contribution in [0.4, 0.5) is 5.82 Å². The highest BCUT2D eigenvalue weighted by molar-refractivity contribution is 5.94. The lowest BCUT2D eigenvalue weighted by Gasteiger charge is -2.51. The summed E-state index contributed by atoms with van der Waals surface area (Å²) in [5.74, 6) is 0.892. The van der Waals surface area contributed by atoms with E-state index in [4.69, 9.17) is 0 Å². The Hall–Kier alpha value is -2.47. The first-order valence-electron chi connectivity index (χ1n) is 9.62. The van der Waals surface area contributed by atoms with Gasteiger partial charge >= 0.3 is 0 Å². The highest BCUT2D eigenvalue weighted by atomic mass is 16.3. The Bertz CT molecular complexity index is 796. The third-order valence-electron chi connectivity index (χ3n) is 5.95. The van der Waals surface area contributed by atoms with Crippen molar-refractivity contribution in [2.24, 2.45) is 5.41 Å². The number of rotatable bonds is 2. The van der Waals surface area contributed by atoms with Crippen molar-refractivity contribution in [3.63, 3.8) is 0 Å². The highest BCUT2D eigenvalue weighted by Crippen LogP contribution is 2.40. The summed E-state index contributed by atoms with van der Waals surface area (Å²) in [7, 11) is 0. The van der Waals surface area contributed by atoms with Crippen LogP contribution in [0.25, 0.3) is 0 Å². The Labute approximate surface area is 159 Å². The lowest BCUT2D eigenvalue weighted by molar-refractivity contribution is -0.0362. The molecule has 6 heteroatoms. The molecule has 0 radical (unpaired) electrons. The summed E-state index contributed by atoms with van der Waals surface area (Å²) in [5.41, 5.74) is 1.55. The minimum atomic E-state index is -0.404. The summed E-state index contributed by atoms with van der Waals surface area (Å²) in [6.45, 7) is 4.80. The number of likely N-dealkylation sites (tertiary alicyclic amines) is 1. The number of amides is 1. The normalized spacial score (nSPS) is 25.6. The van der Waals surface area contributed by atoms with Gasteiger partial charge in [0.1, 0.15) is 5.82 Å². The maximum absolute atomic E-state index is 13.0. The molecule has 142 valence electrons. The van der Waals surface area contributed by atoms with E-state index in [0.29, 0.717) is 25.1 Å². The Morgan fingerprint density at radius 2 is 2.00 bits per heavy atom. The highest BCUT2D eigenvalue weighted by Gasteiger charge is 2.46. The number of carbonyl (C=O) groups excluding carboxylic acids is 1. The molecule has 2 aromatic rings. The van der Waals surface area contributed by atoms with Crippen molar-refractivity contribution in [1.29, 1.82) is 0 Å². The van der Waals surface area contributed by atoms with Crippen LogP contribution < -0.4 is 4.90 Å². The van der Waals surface area contributed by atoms with Gasteiger partial charge < -0.3 is 14.9 Å². The van der Waals surface area contributed by atoms with Crippen LogP contribution >= 0.6 is 0 Å². The molecular formula is C21H26N4O2. The number of aryl methyl sites for hydroxylation is 1. The van der Waals surface area contributed by atoms with Crippen LogP contribution in [-0.2, 0) is 0 Å². The van der Waals surface area contributed by atoms with Crippen LogP contribution in [0.1, 0.15) is 35.2 Å². The first-order valence-corrected chi connectivity index (χ1v) is 9.62. The van der Waals surface area contributed by atoms with Gasteiger partial charge in [-0.1, -0.05) is 17.7 Å². The summed E-state index contributed by atoms with van der Waals surface area (Å²) >= 11 is 0. The van der Waals surface area contributed by atoms with Crippen LogP contribution in [0.3, 0.4) is 0 Å². The molecular weight excluding hydrogens is 340 g/mol. The van der Waals surface area contributed by atoms with E-state index in [2.05, 4.69) is 14.9 Å². The minimum Gasteiger partial charge on any atom is -0.392 e. The summed E-state index contributed by atoms with van der Waals surface area (Å²) in [4.78, 5) is 25.7. The first kappa shape index (κ1) is 17.9. The summed E-state index contributed by atoms with van der Waals surface area (Å²) in [5, 5.41) is 10.9. The largest absolute Gasteiger partial charge is 0.392 e. The molecule has 6 nitrogen and oxygen atoms in total. The van der Waals surface area contributed by atoms with Crippen molar-refractivity contribution in [1.82, 2.24) is 14.9 Å². The smallest absolute Gasteiger partial charge is 0.253 e. The van der Waals surface area contributed by atoms with Crippen LogP contribution in [0.5, 0.6) is 0 Å².